The molecule has 0 aliphatic heterocycles. The minimum absolute atomic E-state index is 0.116. The number of aromatic nitrogens is 4. The fraction of sp³-hybridized carbons (Fsp3) is 0.0833. The summed E-state index contributed by atoms with van der Waals surface area (Å²) in [5, 5.41) is 13.2. The highest BCUT2D eigenvalue weighted by atomic mass is 32.1. The van der Waals surface area contributed by atoms with E-state index >= 15 is 0 Å². The maximum absolute atomic E-state index is 12.3. The maximum atomic E-state index is 12.3. The topological polar surface area (TPSA) is 118 Å². The first-order chi connectivity index (χ1) is 10.7. The van der Waals surface area contributed by atoms with E-state index in [1.54, 1.807) is 29.6 Å². The first kappa shape index (κ1) is 13.9. The molecule has 0 saturated heterocycles. The van der Waals surface area contributed by atoms with Crippen molar-refractivity contribution in [1.82, 2.24) is 20.1 Å². The van der Waals surface area contributed by atoms with E-state index in [4.69, 9.17) is 10.6 Å². The van der Waals surface area contributed by atoms with Gasteiger partial charge in [0.2, 0.25) is 5.71 Å². The molecule has 10 heteroatoms. The molecule has 3 rings (SSSR count). The second kappa shape index (κ2) is 5.77. The van der Waals surface area contributed by atoms with Gasteiger partial charge in [-0.25, -0.2) is 9.78 Å². The maximum Gasteiger partial charge on any atom is 0.389 e. The molecular formula is C12H10N6O3S. The zero-order valence-corrected chi connectivity index (χ0v) is 12.1. The van der Waals surface area contributed by atoms with Gasteiger partial charge in [0.05, 0.1) is 0 Å². The van der Waals surface area contributed by atoms with Crippen molar-refractivity contribution in [3.63, 3.8) is 0 Å². The van der Waals surface area contributed by atoms with Crippen LogP contribution >= 0.6 is 11.3 Å². The number of hydrogen-bond donors (Lipinski definition) is 1. The lowest BCUT2D eigenvalue weighted by molar-refractivity contribution is -0.137. The highest BCUT2D eigenvalue weighted by Gasteiger charge is 2.22. The van der Waals surface area contributed by atoms with Crippen LogP contribution in [0.25, 0.3) is 11.0 Å². The standard InChI is InChI=1S/C12H10N6O3S/c1-20-16-10(8-6-22-12(13)14-8)11(19)21-18-9-5-3-2-4-7(9)15-17-18/h2-6H,1H3,(H2,13,14)/b16-10-. The second-order valence-electron chi connectivity index (χ2n) is 4.02. The fourth-order valence-corrected chi connectivity index (χ4v) is 2.26. The van der Waals surface area contributed by atoms with Crippen molar-refractivity contribution in [3.8, 4) is 0 Å². The van der Waals surface area contributed by atoms with Crippen LogP contribution < -0.4 is 10.6 Å². The first-order valence-electron chi connectivity index (χ1n) is 6.04. The van der Waals surface area contributed by atoms with Gasteiger partial charge in [-0.05, 0) is 17.3 Å². The van der Waals surface area contributed by atoms with Crippen molar-refractivity contribution in [3.05, 3.63) is 35.3 Å². The molecule has 0 aliphatic carbocycles. The lowest BCUT2D eigenvalue weighted by atomic mass is 10.3. The molecule has 0 spiro atoms. The molecule has 3 aromatic rings. The van der Waals surface area contributed by atoms with Crippen LogP contribution in [0.5, 0.6) is 0 Å². The van der Waals surface area contributed by atoms with Crippen molar-refractivity contribution in [2.45, 2.75) is 0 Å². The van der Waals surface area contributed by atoms with E-state index in [2.05, 4.69) is 25.3 Å². The van der Waals surface area contributed by atoms with Crippen LogP contribution in [-0.4, -0.2) is 38.9 Å². The summed E-state index contributed by atoms with van der Waals surface area (Å²) in [6.07, 6.45) is 0. The number of oxime groups is 1. The molecule has 2 heterocycles. The molecule has 1 aromatic carbocycles. The van der Waals surface area contributed by atoms with Crippen LogP contribution in [0.15, 0.2) is 34.8 Å². The number of anilines is 1. The molecule has 9 nitrogen and oxygen atoms in total. The highest BCUT2D eigenvalue weighted by molar-refractivity contribution is 7.13. The Morgan fingerprint density at radius 1 is 1.41 bits per heavy atom. The van der Waals surface area contributed by atoms with E-state index in [-0.39, 0.29) is 11.4 Å². The summed E-state index contributed by atoms with van der Waals surface area (Å²) in [5.74, 6) is -0.789. The summed E-state index contributed by atoms with van der Waals surface area (Å²) < 4.78 is 0. The number of thiazole rings is 1. The van der Waals surface area contributed by atoms with E-state index in [1.807, 2.05) is 0 Å². The Morgan fingerprint density at radius 3 is 2.95 bits per heavy atom. The minimum atomic E-state index is -0.789. The Balaban J connectivity index is 1.90. The van der Waals surface area contributed by atoms with Gasteiger partial charge in [-0.15, -0.1) is 16.4 Å². The molecule has 0 atom stereocenters. The summed E-state index contributed by atoms with van der Waals surface area (Å²) in [7, 11) is 1.31. The summed E-state index contributed by atoms with van der Waals surface area (Å²) in [5.41, 5.74) is 6.84. The quantitative estimate of drug-likeness (QED) is 0.422. The zero-order valence-electron chi connectivity index (χ0n) is 11.3. The number of carbonyl (C=O) groups excluding carboxylic acids is 1. The van der Waals surface area contributed by atoms with Gasteiger partial charge in [-0.3, -0.25) is 0 Å². The van der Waals surface area contributed by atoms with E-state index in [0.717, 1.165) is 4.85 Å². The van der Waals surface area contributed by atoms with Gasteiger partial charge < -0.3 is 15.4 Å². The Labute approximate surface area is 127 Å². The van der Waals surface area contributed by atoms with E-state index in [1.165, 1.54) is 18.4 Å². The van der Waals surface area contributed by atoms with Gasteiger partial charge in [0.1, 0.15) is 23.8 Å². The normalized spacial score (nSPS) is 11.6. The molecule has 2 aromatic heterocycles. The molecule has 0 bridgehead atoms. The Bertz CT molecular complexity index is 855. The van der Waals surface area contributed by atoms with Crippen LogP contribution in [-0.2, 0) is 9.63 Å². The number of benzene rings is 1. The monoisotopic (exact) mass is 318 g/mol. The fourth-order valence-electron chi connectivity index (χ4n) is 1.71. The van der Waals surface area contributed by atoms with Crippen molar-refractivity contribution in [2.75, 3.05) is 12.8 Å². The Kier molecular flexibility index (Phi) is 3.66. The summed E-state index contributed by atoms with van der Waals surface area (Å²) in [6.45, 7) is 0. The number of para-hydroxylation sites is 1. The van der Waals surface area contributed by atoms with E-state index in [9.17, 15) is 4.79 Å². The van der Waals surface area contributed by atoms with Crippen LogP contribution in [0.1, 0.15) is 5.69 Å². The SMILES string of the molecule is CO/N=C(\C(=O)On1nnc2ccccc21)c1csc(N)n1. The second-order valence-corrected chi connectivity index (χ2v) is 4.91. The third kappa shape index (κ3) is 2.59. The number of nitrogen functional groups attached to an aromatic ring is 1. The summed E-state index contributed by atoms with van der Waals surface area (Å²) in [4.78, 5) is 27.1. The summed E-state index contributed by atoms with van der Waals surface area (Å²) in [6, 6.07) is 7.05. The average Bonchev–Trinajstić information content (AvgIpc) is 3.12. The zero-order chi connectivity index (χ0) is 15.5. The van der Waals surface area contributed by atoms with Crippen molar-refractivity contribution < 1.29 is 14.5 Å². The van der Waals surface area contributed by atoms with Gasteiger partial charge in [0, 0.05) is 5.38 Å². The van der Waals surface area contributed by atoms with Crippen LogP contribution in [0, 0.1) is 0 Å². The van der Waals surface area contributed by atoms with Gasteiger partial charge in [-0.1, -0.05) is 22.1 Å². The molecule has 0 aliphatic rings. The first-order valence-corrected chi connectivity index (χ1v) is 6.92. The minimum Gasteiger partial charge on any atom is -0.398 e. The summed E-state index contributed by atoms with van der Waals surface area (Å²) >= 11 is 1.17. The van der Waals surface area contributed by atoms with Crippen LogP contribution in [0.2, 0.25) is 0 Å². The smallest absolute Gasteiger partial charge is 0.389 e. The van der Waals surface area contributed by atoms with Crippen LogP contribution in [0.4, 0.5) is 5.13 Å². The number of rotatable bonds is 4. The van der Waals surface area contributed by atoms with Crippen molar-refractivity contribution in [2.24, 2.45) is 5.16 Å². The third-order valence-electron chi connectivity index (χ3n) is 2.63. The van der Waals surface area contributed by atoms with Gasteiger partial charge >= 0.3 is 5.97 Å². The molecule has 112 valence electrons. The van der Waals surface area contributed by atoms with Crippen molar-refractivity contribution in [1.29, 1.82) is 0 Å². The molecule has 0 saturated carbocycles. The molecular weight excluding hydrogens is 308 g/mol. The van der Waals surface area contributed by atoms with E-state index < -0.39 is 5.97 Å². The average molecular weight is 318 g/mol. The molecule has 0 unspecified atom stereocenters. The Hall–Kier alpha value is -3.01. The lowest BCUT2D eigenvalue weighted by Crippen LogP contribution is -2.29. The molecule has 0 amide bonds. The molecule has 0 radical (unpaired) electrons. The van der Waals surface area contributed by atoms with Gasteiger partial charge in [0.15, 0.2) is 5.13 Å². The van der Waals surface area contributed by atoms with Crippen molar-refractivity contribution >= 4 is 39.2 Å². The number of carbonyl (C=O) groups is 1. The lowest BCUT2D eigenvalue weighted by Gasteiger charge is -2.03. The number of nitrogens with two attached hydrogens (primary N) is 1. The largest absolute Gasteiger partial charge is 0.398 e. The third-order valence-corrected chi connectivity index (χ3v) is 3.31. The predicted octanol–water partition coefficient (Wildman–Crippen LogP) is 0.476. The van der Waals surface area contributed by atoms with Gasteiger partial charge in [-0.2, -0.15) is 0 Å². The van der Waals surface area contributed by atoms with Crippen LogP contribution in [0.3, 0.4) is 0 Å². The van der Waals surface area contributed by atoms with E-state index in [0.29, 0.717) is 16.2 Å². The number of nitrogens with zero attached hydrogens (tertiary/aromatic N) is 5. The van der Waals surface area contributed by atoms with Gasteiger partial charge in [0.25, 0.3) is 0 Å². The highest BCUT2D eigenvalue weighted by Crippen LogP contribution is 2.13. The predicted molar refractivity (Wildman–Crippen MR) is 79.2 cm³/mol. The number of hydrogen-bond acceptors (Lipinski definition) is 9. The molecule has 22 heavy (non-hydrogen) atoms. The molecule has 0 fully saturated rings. The number of fused-ring (bicyclic) bond motifs is 1. The molecule has 2 N–H and O–H groups in total. The Morgan fingerprint density at radius 2 is 2.23 bits per heavy atom.